The molecular weight excluding hydrogens is 498 g/mol. The van der Waals surface area contributed by atoms with Crippen molar-refractivity contribution in [2.24, 2.45) is 0 Å². The minimum atomic E-state index is -0.347. The van der Waals surface area contributed by atoms with Gasteiger partial charge < -0.3 is 26.1 Å². The predicted molar refractivity (Wildman–Crippen MR) is 111 cm³/mol. The van der Waals surface area contributed by atoms with E-state index in [0.717, 1.165) is 27.5 Å². The highest BCUT2D eigenvalue weighted by Crippen LogP contribution is 2.23. The summed E-state index contributed by atoms with van der Waals surface area (Å²) in [5.41, 5.74) is 3.38. The summed E-state index contributed by atoms with van der Waals surface area (Å²) >= 11 is 3.58. The van der Waals surface area contributed by atoms with Crippen LogP contribution in [-0.4, -0.2) is 0 Å². The minimum Gasteiger partial charge on any atom is -1.00 e. The molecule has 0 spiro atoms. The number of aromatic nitrogens is 1. The molecule has 0 radical (unpaired) electrons. The van der Waals surface area contributed by atoms with E-state index >= 15 is 0 Å². The molecule has 0 N–H and O–H groups in total. The van der Waals surface area contributed by atoms with Crippen LogP contribution in [-0.2, 0) is 13.2 Å². The highest BCUT2D eigenvalue weighted by atomic mass is 79.9. The molecule has 0 saturated carbocycles. The summed E-state index contributed by atoms with van der Waals surface area (Å²) in [5, 5.41) is 0.916. The number of benzene rings is 2. The molecule has 2 aromatic heterocycles. The molecular formula is C23H19Br2NO3. The summed E-state index contributed by atoms with van der Waals surface area (Å²) in [7, 11) is 0. The van der Waals surface area contributed by atoms with E-state index in [1.54, 1.807) is 6.07 Å². The van der Waals surface area contributed by atoms with Crippen LogP contribution < -0.4 is 31.9 Å². The number of pyridine rings is 1. The largest absolute Gasteiger partial charge is 1.00 e. The zero-order chi connectivity index (χ0) is 19.5. The lowest BCUT2D eigenvalue weighted by Crippen LogP contribution is -3.00. The van der Waals surface area contributed by atoms with Gasteiger partial charge in [0, 0.05) is 45.3 Å². The first-order valence-electron chi connectivity index (χ1n) is 8.97. The van der Waals surface area contributed by atoms with Gasteiger partial charge in [-0.15, -0.1) is 0 Å². The fourth-order valence-electron chi connectivity index (χ4n) is 3.07. The van der Waals surface area contributed by atoms with Gasteiger partial charge in [0.25, 0.3) is 0 Å². The molecule has 4 rings (SSSR count). The molecule has 148 valence electrons. The maximum absolute atomic E-state index is 11.6. The molecule has 0 saturated heterocycles. The summed E-state index contributed by atoms with van der Waals surface area (Å²) in [4.78, 5) is 11.6. The summed E-state index contributed by atoms with van der Waals surface area (Å²) in [5.74, 6) is 0.672. The van der Waals surface area contributed by atoms with Crippen LogP contribution in [0.3, 0.4) is 0 Å². The van der Waals surface area contributed by atoms with Crippen LogP contribution in [0.25, 0.3) is 11.0 Å². The molecule has 4 aromatic rings. The lowest BCUT2D eigenvalue weighted by atomic mass is 10.1. The molecule has 0 bridgehead atoms. The van der Waals surface area contributed by atoms with Gasteiger partial charge in [0.15, 0.2) is 18.9 Å². The highest BCUT2D eigenvalue weighted by molar-refractivity contribution is 9.10. The number of fused-ring (bicyclic) bond motifs is 1. The smallest absolute Gasteiger partial charge is 0.336 e. The maximum Gasteiger partial charge on any atom is 0.336 e. The van der Waals surface area contributed by atoms with Crippen LogP contribution in [0.4, 0.5) is 0 Å². The number of hydrogen-bond donors (Lipinski definition) is 0. The third kappa shape index (κ3) is 5.14. The Labute approximate surface area is 187 Å². The molecule has 0 unspecified atom stereocenters. The molecule has 2 heterocycles. The van der Waals surface area contributed by atoms with Gasteiger partial charge in [0.1, 0.15) is 17.9 Å². The van der Waals surface area contributed by atoms with Crippen molar-refractivity contribution < 1.29 is 30.7 Å². The topological polar surface area (TPSA) is 43.3 Å². The maximum atomic E-state index is 11.6. The van der Waals surface area contributed by atoms with Gasteiger partial charge >= 0.3 is 5.63 Å². The van der Waals surface area contributed by atoms with E-state index in [0.29, 0.717) is 17.9 Å². The van der Waals surface area contributed by atoms with Crippen molar-refractivity contribution >= 4 is 26.9 Å². The van der Waals surface area contributed by atoms with Gasteiger partial charge in [-0.1, -0.05) is 34.1 Å². The minimum absolute atomic E-state index is 0. The Kier molecular flexibility index (Phi) is 6.87. The fourth-order valence-corrected chi connectivity index (χ4v) is 3.49. The summed E-state index contributed by atoms with van der Waals surface area (Å²) in [6, 6.07) is 19.4. The van der Waals surface area contributed by atoms with Crippen molar-refractivity contribution in [1.29, 1.82) is 0 Å². The Morgan fingerprint density at radius 1 is 1.03 bits per heavy atom. The monoisotopic (exact) mass is 515 g/mol. The Hall–Kier alpha value is -2.44. The molecule has 29 heavy (non-hydrogen) atoms. The van der Waals surface area contributed by atoms with Crippen LogP contribution >= 0.6 is 15.9 Å². The van der Waals surface area contributed by atoms with E-state index in [1.165, 1.54) is 11.6 Å². The molecule has 4 nitrogen and oxygen atoms in total. The molecule has 2 aromatic carbocycles. The summed E-state index contributed by atoms with van der Waals surface area (Å²) in [6.45, 7) is 3.13. The van der Waals surface area contributed by atoms with Gasteiger partial charge in [0.2, 0.25) is 0 Å². The Morgan fingerprint density at radius 2 is 1.79 bits per heavy atom. The third-order valence-electron chi connectivity index (χ3n) is 4.60. The van der Waals surface area contributed by atoms with Gasteiger partial charge in [-0.2, -0.15) is 0 Å². The van der Waals surface area contributed by atoms with Gasteiger partial charge in [-0.05, 0) is 30.7 Å². The van der Waals surface area contributed by atoms with E-state index in [2.05, 4.69) is 26.6 Å². The molecule has 0 aliphatic rings. The Morgan fingerprint density at radius 3 is 2.55 bits per heavy atom. The first-order valence-corrected chi connectivity index (χ1v) is 9.76. The van der Waals surface area contributed by atoms with Crippen LogP contribution in [0.5, 0.6) is 5.75 Å². The van der Waals surface area contributed by atoms with Crippen molar-refractivity contribution in [3.05, 3.63) is 105 Å². The Balaban J connectivity index is 0.00000240. The second-order valence-electron chi connectivity index (χ2n) is 6.67. The first-order chi connectivity index (χ1) is 13.6. The first kappa shape index (κ1) is 21.3. The van der Waals surface area contributed by atoms with Crippen molar-refractivity contribution in [1.82, 2.24) is 0 Å². The Bertz CT molecular complexity index is 1190. The van der Waals surface area contributed by atoms with E-state index < -0.39 is 0 Å². The van der Waals surface area contributed by atoms with E-state index in [-0.39, 0.29) is 22.6 Å². The van der Waals surface area contributed by atoms with Crippen LogP contribution in [0, 0.1) is 6.92 Å². The molecule has 0 aliphatic carbocycles. The SMILES string of the molecule is Cc1cc(=O)oc2cc(OCc3cc[n+](Cc4ccccc4Br)cc3)ccc12.[Br-]. The lowest BCUT2D eigenvalue weighted by molar-refractivity contribution is -0.688. The van der Waals surface area contributed by atoms with Gasteiger partial charge in [-0.3, -0.25) is 0 Å². The zero-order valence-electron chi connectivity index (χ0n) is 15.8. The number of nitrogens with zero attached hydrogens (tertiary/aromatic N) is 1. The predicted octanol–water partition coefficient (Wildman–Crippen LogP) is 1.78. The molecule has 6 heteroatoms. The van der Waals surface area contributed by atoms with E-state index in [9.17, 15) is 4.79 Å². The average molecular weight is 517 g/mol. The molecule has 0 aliphatic heterocycles. The van der Waals surface area contributed by atoms with Crippen LogP contribution in [0.15, 0.2) is 86.7 Å². The molecule has 0 amide bonds. The zero-order valence-corrected chi connectivity index (χ0v) is 18.9. The van der Waals surface area contributed by atoms with Crippen molar-refractivity contribution in [3.63, 3.8) is 0 Å². The van der Waals surface area contributed by atoms with Crippen molar-refractivity contribution in [2.45, 2.75) is 20.1 Å². The van der Waals surface area contributed by atoms with Crippen molar-refractivity contribution in [3.8, 4) is 5.75 Å². The third-order valence-corrected chi connectivity index (χ3v) is 5.37. The van der Waals surface area contributed by atoms with Gasteiger partial charge in [0.05, 0.1) is 0 Å². The number of halogens is 2. The molecule has 0 fully saturated rings. The second-order valence-corrected chi connectivity index (χ2v) is 7.52. The number of hydrogen-bond acceptors (Lipinski definition) is 3. The lowest BCUT2D eigenvalue weighted by Gasteiger charge is -2.07. The fraction of sp³-hybridized carbons (Fsp3) is 0.130. The average Bonchev–Trinajstić information content (AvgIpc) is 2.69. The molecule has 0 atom stereocenters. The highest BCUT2D eigenvalue weighted by Gasteiger charge is 2.07. The van der Waals surface area contributed by atoms with Crippen LogP contribution in [0.2, 0.25) is 0 Å². The van der Waals surface area contributed by atoms with Crippen LogP contribution in [0.1, 0.15) is 16.7 Å². The summed E-state index contributed by atoms with van der Waals surface area (Å²) in [6.07, 6.45) is 4.09. The normalized spacial score (nSPS) is 10.6. The standard InChI is InChI=1S/C23H19BrNO3.BrH/c1-16-12-23(26)28-22-13-19(6-7-20(16)22)27-15-17-8-10-25(11-9-17)14-18-4-2-3-5-21(18)24;/h2-13H,14-15H2,1H3;1H/q+1;/p-1. The van der Waals surface area contributed by atoms with Crippen molar-refractivity contribution in [2.75, 3.05) is 0 Å². The quantitative estimate of drug-likeness (QED) is 0.300. The number of aryl methyl sites for hydroxylation is 1. The number of ether oxygens (including phenoxy) is 1. The second kappa shape index (κ2) is 9.37. The number of rotatable bonds is 5. The van der Waals surface area contributed by atoms with E-state index in [4.69, 9.17) is 9.15 Å². The van der Waals surface area contributed by atoms with Gasteiger partial charge in [-0.25, -0.2) is 9.36 Å². The van der Waals surface area contributed by atoms with E-state index in [1.807, 2.05) is 61.8 Å². The summed E-state index contributed by atoms with van der Waals surface area (Å²) < 4.78 is 14.4.